The van der Waals surface area contributed by atoms with Crippen LogP contribution >= 0.6 is 0 Å². The highest BCUT2D eigenvalue weighted by molar-refractivity contribution is 6.39. The summed E-state index contributed by atoms with van der Waals surface area (Å²) in [7, 11) is 1.59. The molecule has 0 saturated heterocycles. The maximum Gasteiger partial charge on any atom is 0.379 e. The predicted octanol–water partition coefficient (Wildman–Crippen LogP) is 3.09. The van der Waals surface area contributed by atoms with Crippen molar-refractivity contribution in [1.29, 1.82) is 0 Å². The molecule has 0 bridgehead atoms. The normalized spacial score (nSPS) is 11.3. The number of nitrogens with zero attached hydrogens (tertiary/aromatic N) is 1. The van der Waals surface area contributed by atoms with Crippen LogP contribution < -0.4 is 10.2 Å². The lowest BCUT2D eigenvalue weighted by Gasteiger charge is -2.14. The number of ketones is 1. The molecule has 2 aromatic carbocycles. The van der Waals surface area contributed by atoms with E-state index in [2.05, 4.69) is 4.74 Å². The molecule has 0 radical (unpaired) electrons. The van der Waals surface area contributed by atoms with Crippen LogP contribution in [0.25, 0.3) is 16.7 Å². The fourth-order valence-electron chi connectivity index (χ4n) is 3.05. The van der Waals surface area contributed by atoms with Gasteiger partial charge in [0, 0.05) is 24.2 Å². The van der Waals surface area contributed by atoms with Gasteiger partial charge in [-0.2, -0.15) is 0 Å². The monoisotopic (exact) mass is 407 g/mol. The Kier molecular flexibility index (Phi) is 6.32. The zero-order valence-corrected chi connectivity index (χ0v) is 16.6. The number of esters is 1. The van der Waals surface area contributed by atoms with Crippen molar-refractivity contribution in [1.82, 2.24) is 4.57 Å². The lowest BCUT2D eigenvalue weighted by Crippen LogP contribution is -2.18. The van der Waals surface area contributed by atoms with Crippen molar-refractivity contribution < 1.29 is 24.2 Å². The van der Waals surface area contributed by atoms with E-state index in [9.17, 15) is 19.5 Å². The number of aliphatic hydroxyl groups excluding tert-OH is 1. The number of hydrogen-bond acceptors (Lipinski definition) is 6. The van der Waals surface area contributed by atoms with Gasteiger partial charge in [0.25, 0.3) is 5.78 Å². The molecule has 0 aliphatic heterocycles. The Hall–Kier alpha value is -3.87. The second-order valence-corrected chi connectivity index (χ2v) is 6.48. The van der Waals surface area contributed by atoms with E-state index in [4.69, 9.17) is 4.74 Å². The second kappa shape index (κ2) is 9.09. The Balaban J connectivity index is 2.07. The first-order valence-electron chi connectivity index (χ1n) is 9.31. The van der Waals surface area contributed by atoms with Gasteiger partial charge in [0.15, 0.2) is 5.43 Å². The quantitative estimate of drug-likeness (QED) is 0.280. The Bertz CT molecular complexity index is 1170. The average Bonchev–Trinajstić information content (AvgIpc) is 2.76. The summed E-state index contributed by atoms with van der Waals surface area (Å²) in [6.45, 7) is 2.01. The number of ether oxygens (including phenoxy) is 2. The minimum absolute atomic E-state index is 0.0316. The van der Waals surface area contributed by atoms with Crippen molar-refractivity contribution in [2.75, 3.05) is 13.7 Å². The third kappa shape index (κ3) is 4.41. The fourth-order valence-corrected chi connectivity index (χ4v) is 3.05. The summed E-state index contributed by atoms with van der Waals surface area (Å²) < 4.78 is 11.6. The van der Waals surface area contributed by atoms with Gasteiger partial charge in [0.2, 0.25) is 0 Å². The molecule has 7 nitrogen and oxygen atoms in total. The topological polar surface area (TPSA) is 94.8 Å². The number of para-hydroxylation sites is 1. The molecule has 0 unspecified atom stereocenters. The number of aromatic nitrogens is 1. The molecule has 0 aliphatic carbocycles. The van der Waals surface area contributed by atoms with E-state index >= 15 is 0 Å². The standard InChI is InChI=1S/C23H21NO6/c1-3-30-23(28)21(26)12-20(25)18-14-24(13-15-8-10-16(29-2)11-9-15)19-7-5-4-6-17(19)22(18)27/h4-12,14,25H,3,13H2,1-2H3. The van der Waals surface area contributed by atoms with E-state index in [0.717, 1.165) is 11.3 Å². The highest BCUT2D eigenvalue weighted by Crippen LogP contribution is 2.18. The van der Waals surface area contributed by atoms with Gasteiger partial charge in [-0.05, 0) is 36.8 Å². The summed E-state index contributed by atoms with van der Waals surface area (Å²) in [6.07, 6.45) is 2.18. The number of carbonyl (C=O) groups is 2. The number of rotatable bonds is 7. The minimum Gasteiger partial charge on any atom is -0.507 e. The van der Waals surface area contributed by atoms with Gasteiger partial charge in [-0.15, -0.1) is 0 Å². The van der Waals surface area contributed by atoms with Crippen LogP contribution in [0.1, 0.15) is 18.1 Å². The van der Waals surface area contributed by atoms with Crippen LogP contribution in [-0.4, -0.2) is 35.1 Å². The second-order valence-electron chi connectivity index (χ2n) is 6.48. The molecule has 7 heteroatoms. The largest absolute Gasteiger partial charge is 0.507 e. The van der Waals surface area contributed by atoms with Crippen LogP contribution in [0.4, 0.5) is 0 Å². The summed E-state index contributed by atoms with van der Waals surface area (Å²) in [5.74, 6) is -2.00. The number of aliphatic hydroxyl groups is 1. The lowest BCUT2D eigenvalue weighted by atomic mass is 10.1. The van der Waals surface area contributed by atoms with E-state index in [1.165, 1.54) is 6.20 Å². The van der Waals surface area contributed by atoms with E-state index in [1.54, 1.807) is 36.8 Å². The number of carbonyl (C=O) groups excluding carboxylic acids is 2. The van der Waals surface area contributed by atoms with Crippen LogP contribution in [0, 0.1) is 0 Å². The first-order chi connectivity index (χ1) is 14.4. The Morgan fingerprint density at radius 2 is 1.80 bits per heavy atom. The molecule has 0 saturated carbocycles. The van der Waals surface area contributed by atoms with Crippen LogP contribution in [0.2, 0.25) is 0 Å². The Labute approximate surface area is 172 Å². The van der Waals surface area contributed by atoms with Gasteiger partial charge >= 0.3 is 5.97 Å². The minimum atomic E-state index is -1.09. The Morgan fingerprint density at radius 3 is 2.47 bits per heavy atom. The van der Waals surface area contributed by atoms with E-state index < -0.39 is 22.9 Å². The van der Waals surface area contributed by atoms with Crippen LogP contribution in [0.5, 0.6) is 5.75 Å². The Morgan fingerprint density at radius 1 is 1.10 bits per heavy atom. The van der Waals surface area contributed by atoms with Crippen molar-refractivity contribution in [2.24, 2.45) is 0 Å². The van der Waals surface area contributed by atoms with Gasteiger partial charge in [0.05, 0.1) is 24.8 Å². The number of benzene rings is 2. The molecule has 1 N–H and O–H groups in total. The van der Waals surface area contributed by atoms with Crippen LogP contribution in [0.3, 0.4) is 0 Å². The molecule has 3 rings (SSSR count). The smallest absolute Gasteiger partial charge is 0.379 e. The van der Waals surface area contributed by atoms with Gasteiger partial charge in [-0.3, -0.25) is 9.59 Å². The van der Waals surface area contributed by atoms with Gasteiger partial charge < -0.3 is 19.1 Å². The highest BCUT2D eigenvalue weighted by atomic mass is 16.5. The number of fused-ring (bicyclic) bond motifs is 1. The maximum atomic E-state index is 12.9. The molecule has 0 atom stereocenters. The third-order valence-corrected chi connectivity index (χ3v) is 4.52. The molecule has 0 fully saturated rings. The molecular formula is C23H21NO6. The van der Waals surface area contributed by atoms with Crippen LogP contribution in [-0.2, 0) is 20.9 Å². The van der Waals surface area contributed by atoms with Crippen molar-refractivity contribution >= 4 is 28.4 Å². The molecular weight excluding hydrogens is 386 g/mol. The summed E-state index contributed by atoms with van der Waals surface area (Å²) >= 11 is 0. The van der Waals surface area contributed by atoms with Crippen molar-refractivity contribution in [3.8, 4) is 5.75 Å². The van der Waals surface area contributed by atoms with E-state index in [0.29, 0.717) is 23.5 Å². The average molecular weight is 407 g/mol. The summed E-state index contributed by atoms with van der Waals surface area (Å²) in [6, 6.07) is 14.4. The molecule has 1 aromatic heterocycles. The van der Waals surface area contributed by atoms with Gasteiger partial charge in [0.1, 0.15) is 11.5 Å². The molecule has 3 aromatic rings. The lowest BCUT2D eigenvalue weighted by molar-refractivity contribution is -0.151. The van der Waals surface area contributed by atoms with E-state index in [-0.39, 0.29) is 12.2 Å². The highest BCUT2D eigenvalue weighted by Gasteiger charge is 2.17. The zero-order chi connectivity index (χ0) is 21.7. The van der Waals surface area contributed by atoms with Crippen molar-refractivity contribution in [3.05, 3.63) is 82.2 Å². The molecule has 154 valence electrons. The van der Waals surface area contributed by atoms with Gasteiger partial charge in [-0.1, -0.05) is 24.3 Å². The van der Waals surface area contributed by atoms with E-state index in [1.807, 2.05) is 30.3 Å². The summed E-state index contributed by atoms with van der Waals surface area (Å²) in [5, 5.41) is 10.8. The summed E-state index contributed by atoms with van der Waals surface area (Å²) in [5.41, 5.74) is 1.09. The fraction of sp³-hybridized carbons (Fsp3) is 0.174. The SMILES string of the molecule is CCOC(=O)C(=O)C=C(O)c1cn(Cc2ccc(OC)cc2)c2ccccc2c1=O. The molecule has 0 aliphatic rings. The summed E-state index contributed by atoms with van der Waals surface area (Å²) in [4.78, 5) is 36.3. The zero-order valence-electron chi connectivity index (χ0n) is 16.6. The molecule has 0 spiro atoms. The van der Waals surface area contributed by atoms with Crippen LogP contribution in [0.15, 0.2) is 65.6 Å². The molecule has 30 heavy (non-hydrogen) atoms. The molecule has 0 amide bonds. The third-order valence-electron chi connectivity index (χ3n) is 4.52. The number of hydrogen-bond donors (Lipinski definition) is 1. The van der Waals surface area contributed by atoms with Crippen molar-refractivity contribution in [2.45, 2.75) is 13.5 Å². The van der Waals surface area contributed by atoms with Crippen molar-refractivity contribution in [3.63, 3.8) is 0 Å². The number of pyridine rings is 1. The first-order valence-corrected chi connectivity index (χ1v) is 9.31. The molecule has 1 heterocycles. The predicted molar refractivity (Wildman–Crippen MR) is 113 cm³/mol. The first kappa shape index (κ1) is 20.9. The number of methoxy groups -OCH3 is 1. The van der Waals surface area contributed by atoms with Gasteiger partial charge in [-0.25, -0.2) is 4.79 Å². The maximum absolute atomic E-state index is 12.9.